The van der Waals surface area contributed by atoms with Crippen molar-refractivity contribution in [2.24, 2.45) is 0 Å². The van der Waals surface area contributed by atoms with Crippen LogP contribution in [0.4, 0.5) is 4.79 Å². The smallest absolute Gasteiger partial charge is 0.315 e. The van der Waals surface area contributed by atoms with Gasteiger partial charge in [-0.2, -0.15) is 0 Å². The van der Waals surface area contributed by atoms with Crippen molar-refractivity contribution < 1.29 is 14.7 Å². The second kappa shape index (κ2) is 7.38. The summed E-state index contributed by atoms with van der Waals surface area (Å²) in [7, 11) is 0. The van der Waals surface area contributed by atoms with E-state index < -0.39 is 5.97 Å². The van der Waals surface area contributed by atoms with E-state index in [0.29, 0.717) is 13.0 Å². The second-order valence-corrected chi connectivity index (χ2v) is 5.71. The van der Waals surface area contributed by atoms with E-state index in [1.807, 2.05) is 11.4 Å². The zero-order valence-electron chi connectivity index (χ0n) is 9.90. The lowest BCUT2D eigenvalue weighted by atomic mass is 10.2. The van der Waals surface area contributed by atoms with Gasteiger partial charge in [-0.1, -0.05) is 0 Å². The maximum atomic E-state index is 11.5. The van der Waals surface area contributed by atoms with Crippen LogP contribution in [0, 0.1) is 0 Å². The molecular formula is C11H15BrN2O3S. The molecule has 0 saturated carbocycles. The number of carboxylic acids is 1. The summed E-state index contributed by atoms with van der Waals surface area (Å²) in [5.74, 6) is -0.855. The van der Waals surface area contributed by atoms with Gasteiger partial charge in [-0.05, 0) is 40.7 Å². The number of aliphatic carboxylic acids is 1. The van der Waals surface area contributed by atoms with Crippen LogP contribution in [-0.4, -0.2) is 23.1 Å². The summed E-state index contributed by atoms with van der Waals surface area (Å²) in [4.78, 5) is 22.9. The van der Waals surface area contributed by atoms with Crippen molar-refractivity contribution in [1.29, 1.82) is 0 Å². The third kappa shape index (κ3) is 5.50. The van der Waals surface area contributed by atoms with E-state index in [-0.39, 0.29) is 18.5 Å². The number of hydrogen-bond acceptors (Lipinski definition) is 3. The van der Waals surface area contributed by atoms with Gasteiger partial charge in [0.1, 0.15) is 0 Å². The number of halogens is 1. The molecule has 1 aromatic heterocycles. The maximum Gasteiger partial charge on any atom is 0.315 e. The summed E-state index contributed by atoms with van der Waals surface area (Å²) in [6.45, 7) is 2.24. The van der Waals surface area contributed by atoms with Gasteiger partial charge in [-0.3, -0.25) is 4.79 Å². The maximum absolute atomic E-state index is 11.5. The predicted octanol–water partition coefficient (Wildman–Crippen LogP) is 2.56. The van der Waals surface area contributed by atoms with E-state index in [2.05, 4.69) is 26.6 Å². The van der Waals surface area contributed by atoms with Gasteiger partial charge < -0.3 is 15.7 Å². The second-order valence-electron chi connectivity index (χ2n) is 3.85. The molecule has 0 fully saturated rings. The van der Waals surface area contributed by atoms with E-state index in [1.54, 1.807) is 18.3 Å². The molecule has 0 bridgehead atoms. The van der Waals surface area contributed by atoms with Crippen molar-refractivity contribution in [3.8, 4) is 0 Å². The molecular weight excluding hydrogens is 320 g/mol. The predicted molar refractivity (Wildman–Crippen MR) is 73.7 cm³/mol. The van der Waals surface area contributed by atoms with Crippen molar-refractivity contribution in [3.63, 3.8) is 0 Å². The number of rotatable bonds is 6. The topological polar surface area (TPSA) is 78.4 Å². The summed E-state index contributed by atoms with van der Waals surface area (Å²) in [5.41, 5.74) is 0. The zero-order chi connectivity index (χ0) is 13.5. The van der Waals surface area contributed by atoms with Gasteiger partial charge in [0.15, 0.2) is 0 Å². The minimum absolute atomic E-state index is 0.0535. The number of carboxylic acid groups (broad SMARTS) is 1. The first kappa shape index (κ1) is 15.0. The van der Waals surface area contributed by atoms with Crippen LogP contribution in [0.2, 0.25) is 0 Å². The van der Waals surface area contributed by atoms with Gasteiger partial charge in [-0.25, -0.2) is 4.79 Å². The Morgan fingerprint density at radius 2 is 2.28 bits per heavy atom. The highest BCUT2D eigenvalue weighted by Gasteiger charge is 2.09. The van der Waals surface area contributed by atoms with E-state index in [4.69, 9.17) is 5.11 Å². The Labute approximate surface area is 118 Å². The molecule has 18 heavy (non-hydrogen) atoms. The van der Waals surface area contributed by atoms with Crippen LogP contribution >= 0.6 is 27.3 Å². The highest BCUT2D eigenvalue weighted by molar-refractivity contribution is 9.10. The van der Waals surface area contributed by atoms with E-state index in [0.717, 1.165) is 9.35 Å². The lowest BCUT2D eigenvalue weighted by Crippen LogP contribution is -2.40. The molecule has 0 aliphatic rings. The molecule has 1 rings (SSSR count). The zero-order valence-corrected chi connectivity index (χ0v) is 12.3. The molecule has 0 aromatic carbocycles. The number of carbonyl (C=O) groups excluding carboxylic acids is 1. The Balaban J connectivity index is 2.25. The van der Waals surface area contributed by atoms with Crippen LogP contribution < -0.4 is 10.6 Å². The summed E-state index contributed by atoms with van der Waals surface area (Å²) in [6, 6.07) is 1.48. The van der Waals surface area contributed by atoms with E-state index >= 15 is 0 Å². The standard InChI is InChI=1S/C11H15BrN2O3S/c1-7(2-3-10(15)16)14-11(17)13-6-9-8(12)4-5-18-9/h4-5,7H,2-3,6H2,1H3,(H,15,16)(H2,13,14,17). The van der Waals surface area contributed by atoms with Gasteiger partial charge in [0, 0.05) is 21.8 Å². The Hall–Kier alpha value is -1.08. The molecule has 3 N–H and O–H groups in total. The van der Waals surface area contributed by atoms with Crippen molar-refractivity contribution in [3.05, 3.63) is 20.8 Å². The van der Waals surface area contributed by atoms with Gasteiger partial charge >= 0.3 is 12.0 Å². The normalized spacial score (nSPS) is 11.9. The Morgan fingerprint density at radius 1 is 1.56 bits per heavy atom. The van der Waals surface area contributed by atoms with Crippen LogP contribution in [0.1, 0.15) is 24.6 Å². The Kier molecular flexibility index (Phi) is 6.14. The molecule has 2 amide bonds. The lowest BCUT2D eigenvalue weighted by Gasteiger charge is -2.13. The van der Waals surface area contributed by atoms with E-state index in [1.165, 1.54) is 0 Å². The first-order valence-electron chi connectivity index (χ1n) is 5.47. The molecule has 0 aliphatic heterocycles. The number of thiophene rings is 1. The third-order valence-corrected chi connectivity index (χ3v) is 4.20. The van der Waals surface area contributed by atoms with Crippen LogP contribution in [0.25, 0.3) is 0 Å². The molecule has 7 heteroatoms. The van der Waals surface area contributed by atoms with Crippen LogP contribution in [0.3, 0.4) is 0 Å². The molecule has 0 spiro atoms. The average molecular weight is 335 g/mol. The van der Waals surface area contributed by atoms with Gasteiger partial charge in [0.25, 0.3) is 0 Å². The summed E-state index contributed by atoms with van der Waals surface area (Å²) >= 11 is 4.94. The monoisotopic (exact) mass is 334 g/mol. The van der Waals surface area contributed by atoms with Crippen molar-refractivity contribution >= 4 is 39.3 Å². The molecule has 100 valence electrons. The molecule has 1 heterocycles. The van der Waals surface area contributed by atoms with Crippen molar-refractivity contribution in [2.75, 3.05) is 0 Å². The molecule has 1 unspecified atom stereocenters. The largest absolute Gasteiger partial charge is 0.481 e. The fraction of sp³-hybridized carbons (Fsp3) is 0.455. The van der Waals surface area contributed by atoms with Crippen molar-refractivity contribution in [1.82, 2.24) is 10.6 Å². The third-order valence-electron chi connectivity index (χ3n) is 2.27. The van der Waals surface area contributed by atoms with Gasteiger partial charge in [-0.15, -0.1) is 11.3 Å². The highest BCUT2D eigenvalue weighted by Crippen LogP contribution is 2.21. The van der Waals surface area contributed by atoms with E-state index in [9.17, 15) is 9.59 Å². The minimum atomic E-state index is -0.855. The van der Waals surface area contributed by atoms with Crippen LogP contribution in [0.15, 0.2) is 15.9 Å². The SMILES string of the molecule is CC(CCC(=O)O)NC(=O)NCc1sccc1Br. The minimum Gasteiger partial charge on any atom is -0.481 e. The molecule has 0 saturated heterocycles. The Morgan fingerprint density at radius 3 is 2.83 bits per heavy atom. The summed E-state index contributed by atoms with van der Waals surface area (Å²) in [5, 5.41) is 15.9. The summed E-state index contributed by atoms with van der Waals surface area (Å²) in [6.07, 6.45) is 0.476. The van der Waals surface area contributed by atoms with Crippen molar-refractivity contribution in [2.45, 2.75) is 32.4 Å². The number of urea groups is 1. The number of carbonyl (C=O) groups is 2. The fourth-order valence-corrected chi connectivity index (χ4v) is 2.73. The molecule has 0 radical (unpaired) electrons. The first-order valence-corrected chi connectivity index (χ1v) is 7.14. The average Bonchev–Trinajstić information content (AvgIpc) is 2.69. The molecule has 5 nitrogen and oxygen atoms in total. The van der Waals surface area contributed by atoms with Gasteiger partial charge in [0.05, 0.1) is 6.54 Å². The van der Waals surface area contributed by atoms with Crippen LogP contribution in [0.5, 0.6) is 0 Å². The van der Waals surface area contributed by atoms with Gasteiger partial charge in [0.2, 0.25) is 0 Å². The molecule has 1 aromatic rings. The number of amides is 2. The fourth-order valence-electron chi connectivity index (χ4n) is 1.30. The molecule has 0 aliphatic carbocycles. The van der Waals surface area contributed by atoms with Crippen LogP contribution in [-0.2, 0) is 11.3 Å². The first-order chi connectivity index (χ1) is 8.49. The molecule has 1 atom stereocenters. The highest BCUT2D eigenvalue weighted by atomic mass is 79.9. The lowest BCUT2D eigenvalue weighted by molar-refractivity contribution is -0.137. The Bertz CT molecular complexity index is 422. The summed E-state index contributed by atoms with van der Waals surface area (Å²) < 4.78 is 0.978. The number of nitrogens with one attached hydrogen (secondary N) is 2. The quantitative estimate of drug-likeness (QED) is 0.748. The number of hydrogen-bond donors (Lipinski definition) is 3.